The molecule has 110 valence electrons. The van der Waals surface area contributed by atoms with Crippen LogP contribution >= 0.6 is 27.5 Å². The van der Waals surface area contributed by atoms with Crippen molar-refractivity contribution in [2.45, 2.75) is 13.5 Å². The number of rotatable bonds is 4. The van der Waals surface area contributed by atoms with E-state index in [1.54, 1.807) is 6.07 Å². The van der Waals surface area contributed by atoms with Crippen LogP contribution in [0.15, 0.2) is 40.9 Å². The van der Waals surface area contributed by atoms with Crippen molar-refractivity contribution in [1.29, 1.82) is 0 Å². The summed E-state index contributed by atoms with van der Waals surface area (Å²) in [6.45, 7) is 2.52. The van der Waals surface area contributed by atoms with Gasteiger partial charge in [-0.1, -0.05) is 23.7 Å². The number of ether oxygens (including phenoxy) is 1. The van der Waals surface area contributed by atoms with Gasteiger partial charge in [0.25, 0.3) is 0 Å². The summed E-state index contributed by atoms with van der Waals surface area (Å²) in [6.07, 6.45) is 0. The van der Waals surface area contributed by atoms with E-state index in [1.807, 2.05) is 37.3 Å². The van der Waals surface area contributed by atoms with E-state index in [2.05, 4.69) is 21.2 Å². The zero-order valence-corrected chi connectivity index (χ0v) is 14.1. The molecular weight excluding hydrogens is 354 g/mol. The molecule has 0 aliphatic heterocycles. The van der Waals surface area contributed by atoms with Crippen molar-refractivity contribution in [3.05, 3.63) is 62.6 Å². The van der Waals surface area contributed by atoms with E-state index in [-0.39, 0.29) is 5.97 Å². The number of carbonyl (C=O) groups is 1. The lowest BCUT2D eigenvalue weighted by atomic mass is 10.1. The average Bonchev–Trinajstić information content (AvgIpc) is 2.49. The zero-order valence-electron chi connectivity index (χ0n) is 11.7. The topological polar surface area (TPSA) is 38.3 Å². The molecule has 0 radical (unpaired) electrons. The van der Waals surface area contributed by atoms with Crippen LogP contribution in [0.3, 0.4) is 0 Å². The Bertz CT molecular complexity index is 673. The smallest absolute Gasteiger partial charge is 0.338 e. The van der Waals surface area contributed by atoms with Crippen LogP contribution in [0.4, 0.5) is 5.69 Å². The number of nitrogens with one attached hydrogen (secondary N) is 1. The van der Waals surface area contributed by atoms with Crippen LogP contribution in [0.25, 0.3) is 0 Å². The Morgan fingerprint density at radius 2 is 2.10 bits per heavy atom. The van der Waals surface area contributed by atoms with Crippen molar-refractivity contribution >= 4 is 39.2 Å². The fraction of sp³-hybridized carbons (Fsp3) is 0.188. The zero-order chi connectivity index (χ0) is 15.4. The second kappa shape index (κ2) is 6.96. The maximum Gasteiger partial charge on any atom is 0.338 e. The van der Waals surface area contributed by atoms with Crippen molar-refractivity contribution < 1.29 is 9.53 Å². The van der Waals surface area contributed by atoms with Crippen molar-refractivity contribution in [2.24, 2.45) is 0 Å². The van der Waals surface area contributed by atoms with Gasteiger partial charge in [0, 0.05) is 16.7 Å². The Hall–Kier alpha value is -1.52. The average molecular weight is 369 g/mol. The van der Waals surface area contributed by atoms with E-state index in [1.165, 1.54) is 7.11 Å². The van der Waals surface area contributed by atoms with Crippen LogP contribution in [0.1, 0.15) is 21.5 Å². The number of halogens is 2. The Labute approximate surface area is 137 Å². The number of hydrogen-bond donors (Lipinski definition) is 1. The highest BCUT2D eigenvalue weighted by Gasteiger charge is 2.11. The van der Waals surface area contributed by atoms with Gasteiger partial charge in [-0.25, -0.2) is 4.79 Å². The minimum absolute atomic E-state index is 0.331. The van der Waals surface area contributed by atoms with Crippen LogP contribution in [-0.2, 0) is 11.3 Å². The molecule has 2 rings (SSSR count). The van der Waals surface area contributed by atoms with Crippen LogP contribution in [0, 0.1) is 6.92 Å². The summed E-state index contributed by atoms with van der Waals surface area (Å²) in [5, 5.41) is 3.99. The predicted octanol–water partition coefficient (Wildman–Crippen LogP) is 4.81. The highest BCUT2D eigenvalue weighted by atomic mass is 79.9. The Morgan fingerprint density at radius 3 is 2.76 bits per heavy atom. The quantitative estimate of drug-likeness (QED) is 0.787. The van der Waals surface area contributed by atoms with E-state index < -0.39 is 0 Å². The molecule has 0 atom stereocenters. The second-order valence-electron chi connectivity index (χ2n) is 4.57. The summed E-state index contributed by atoms with van der Waals surface area (Å²) in [6, 6.07) is 11.3. The largest absolute Gasteiger partial charge is 0.465 e. The fourth-order valence-corrected chi connectivity index (χ4v) is 2.45. The van der Waals surface area contributed by atoms with Crippen molar-refractivity contribution in [3.8, 4) is 0 Å². The van der Waals surface area contributed by atoms with Gasteiger partial charge in [-0.15, -0.1) is 0 Å². The van der Waals surface area contributed by atoms with E-state index in [0.29, 0.717) is 17.1 Å². The minimum atomic E-state index is -0.331. The predicted molar refractivity (Wildman–Crippen MR) is 89.0 cm³/mol. The lowest BCUT2D eigenvalue weighted by Gasteiger charge is -2.12. The molecule has 0 unspecified atom stereocenters. The van der Waals surface area contributed by atoms with Gasteiger partial charge < -0.3 is 10.1 Å². The summed E-state index contributed by atoms with van der Waals surface area (Å²) in [5.74, 6) is -0.331. The first-order chi connectivity index (χ1) is 10.0. The number of esters is 1. The Kier molecular flexibility index (Phi) is 5.26. The van der Waals surface area contributed by atoms with Gasteiger partial charge in [-0.3, -0.25) is 0 Å². The molecule has 0 spiro atoms. The maximum absolute atomic E-state index is 11.7. The molecular formula is C16H15BrClNO2. The summed E-state index contributed by atoms with van der Waals surface area (Å²) < 4.78 is 5.65. The summed E-state index contributed by atoms with van der Waals surface area (Å²) in [4.78, 5) is 11.7. The SMILES string of the molecule is COC(=O)c1cccc(NCc2ccc(Br)c(Cl)c2)c1C. The lowest BCUT2D eigenvalue weighted by molar-refractivity contribution is 0.0600. The molecule has 0 heterocycles. The molecule has 0 aliphatic rings. The molecule has 0 amide bonds. The van der Waals surface area contributed by atoms with Crippen molar-refractivity contribution in [2.75, 3.05) is 12.4 Å². The highest BCUT2D eigenvalue weighted by Crippen LogP contribution is 2.24. The van der Waals surface area contributed by atoms with Crippen LogP contribution in [0.2, 0.25) is 5.02 Å². The molecule has 0 aromatic heterocycles. The normalized spacial score (nSPS) is 10.3. The third-order valence-electron chi connectivity index (χ3n) is 3.21. The molecule has 2 aromatic carbocycles. The summed E-state index contributed by atoms with van der Waals surface area (Å²) in [5.41, 5.74) is 3.40. The van der Waals surface area contributed by atoms with E-state index in [0.717, 1.165) is 21.3 Å². The molecule has 21 heavy (non-hydrogen) atoms. The van der Waals surface area contributed by atoms with Crippen LogP contribution < -0.4 is 5.32 Å². The summed E-state index contributed by atoms with van der Waals surface area (Å²) in [7, 11) is 1.38. The van der Waals surface area contributed by atoms with Crippen LogP contribution in [-0.4, -0.2) is 13.1 Å². The number of carbonyl (C=O) groups excluding carboxylic acids is 1. The molecule has 0 saturated heterocycles. The fourth-order valence-electron chi connectivity index (χ4n) is 2.01. The number of anilines is 1. The maximum atomic E-state index is 11.7. The van der Waals surface area contributed by atoms with Gasteiger partial charge in [-0.2, -0.15) is 0 Å². The lowest BCUT2D eigenvalue weighted by Crippen LogP contribution is -2.07. The molecule has 2 aromatic rings. The molecule has 0 fully saturated rings. The third kappa shape index (κ3) is 3.77. The molecule has 0 bridgehead atoms. The molecule has 3 nitrogen and oxygen atoms in total. The summed E-state index contributed by atoms with van der Waals surface area (Å²) >= 11 is 9.44. The van der Waals surface area contributed by atoms with Gasteiger partial charge in [0.05, 0.1) is 17.7 Å². The number of benzene rings is 2. The van der Waals surface area contributed by atoms with Gasteiger partial charge in [-0.05, 0) is 58.2 Å². The molecule has 0 saturated carbocycles. The van der Waals surface area contributed by atoms with Crippen molar-refractivity contribution in [3.63, 3.8) is 0 Å². The van der Waals surface area contributed by atoms with E-state index >= 15 is 0 Å². The monoisotopic (exact) mass is 367 g/mol. The third-order valence-corrected chi connectivity index (χ3v) is 4.44. The molecule has 1 N–H and O–H groups in total. The van der Waals surface area contributed by atoms with Gasteiger partial charge in [0.15, 0.2) is 0 Å². The van der Waals surface area contributed by atoms with Gasteiger partial charge in [0.2, 0.25) is 0 Å². The number of methoxy groups -OCH3 is 1. The first kappa shape index (κ1) is 15.9. The second-order valence-corrected chi connectivity index (χ2v) is 5.83. The van der Waals surface area contributed by atoms with E-state index in [4.69, 9.17) is 16.3 Å². The number of hydrogen-bond acceptors (Lipinski definition) is 3. The molecule has 0 aliphatic carbocycles. The van der Waals surface area contributed by atoms with Gasteiger partial charge in [0.1, 0.15) is 0 Å². The van der Waals surface area contributed by atoms with Crippen LogP contribution in [0.5, 0.6) is 0 Å². The van der Waals surface area contributed by atoms with E-state index in [9.17, 15) is 4.79 Å². The Balaban J connectivity index is 2.16. The van der Waals surface area contributed by atoms with Crippen molar-refractivity contribution in [1.82, 2.24) is 0 Å². The Morgan fingerprint density at radius 1 is 1.33 bits per heavy atom. The van der Waals surface area contributed by atoms with Gasteiger partial charge >= 0.3 is 5.97 Å². The molecule has 5 heteroatoms. The highest BCUT2D eigenvalue weighted by molar-refractivity contribution is 9.10. The first-order valence-electron chi connectivity index (χ1n) is 6.38. The minimum Gasteiger partial charge on any atom is -0.465 e. The standard InChI is InChI=1S/C16H15BrClNO2/c1-10-12(16(20)21-2)4-3-5-15(10)19-9-11-6-7-13(17)14(18)8-11/h3-8,19H,9H2,1-2H3. The first-order valence-corrected chi connectivity index (χ1v) is 7.55.